The van der Waals surface area contributed by atoms with Crippen LogP contribution in [-0.4, -0.2) is 57.3 Å². The molecule has 1 N–H and O–H groups in total. The summed E-state index contributed by atoms with van der Waals surface area (Å²) < 4.78 is 27.4. The van der Waals surface area contributed by atoms with Gasteiger partial charge in [-0.2, -0.15) is 5.10 Å². The van der Waals surface area contributed by atoms with E-state index in [0.29, 0.717) is 41.9 Å². The lowest BCUT2D eigenvalue weighted by Crippen LogP contribution is -2.29. The Balaban J connectivity index is 1.23. The van der Waals surface area contributed by atoms with E-state index in [1.165, 1.54) is 35.0 Å². The normalized spacial score (nSPS) is 14.1. The van der Waals surface area contributed by atoms with Crippen LogP contribution in [0.5, 0.6) is 11.5 Å². The molecular weight excluding hydrogens is 652 g/mol. The number of aromatic nitrogens is 3. The van der Waals surface area contributed by atoms with E-state index >= 15 is 0 Å². The third-order valence-corrected chi connectivity index (χ3v) is 9.74. The third-order valence-electron chi connectivity index (χ3n) is 7.87. The number of amides is 2. The SMILES string of the molecule is COc1cccc(C2CC(c3cccs3)=NN2C(=O)CSc2nnc(CNC(=O)c3ccccc3F)n2CCc2ccccc2)c1OC. The minimum atomic E-state index is -0.605. The Labute approximate surface area is 285 Å². The van der Waals surface area contributed by atoms with Crippen LogP contribution in [-0.2, 0) is 24.3 Å². The second-order valence-corrected chi connectivity index (χ2v) is 12.7. The molecule has 1 unspecified atom stereocenters. The van der Waals surface area contributed by atoms with Gasteiger partial charge in [0.05, 0.1) is 48.7 Å². The van der Waals surface area contributed by atoms with Crippen LogP contribution in [0.4, 0.5) is 4.39 Å². The van der Waals surface area contributed by atoms with Gasteiger partial charge in [0.25, 0.3) is 11.8 Å². The summed E-state index contributed by atoms with van der Waals surface area (Å²) in [6.07, 6.45) is 1.19. The highest BCUT2D eigenvalue weighted by Gasteiger charge is 2.36. The van der Waals surface area contributed by atoms with Crippen LogP contribution >= 0.6 is 23.1 Å². The Morgan fingerprint density at radius 1 is 0.979 bits per heavy atom. The molecule has 0 radical (unpaired) electrons. The minimum Gasteiger partial charge on any atom is -0.493 e. The van der Waals surface area contributed by atoms with Gasteiger partial charge >= 0.3 is 0 Å². The van der Waals surface area contributed by atoms with Crippen LogP contribution in [0.15, 0.2) is 101 Å². The van der Waals surface area contributed by atoms with Crippen molar-refractivity contribution >= 4 is 40.6 Å². The van der Waals surface area contributed by atoms with Crippen molar-refractivity contribution in [3.63, 3.8) is 0 Å². The first kappa shape index (κ1) is 32.9. The van der Waals surface area contributed by atoms with E-state index in [0.717, 1.165) is 21.7 Å². The lowest BCUT2D eigenvalue weighted by molar-refractivity contribution is -0.130. The van der Waals surface area contributed by atoms with E-state index in [9.17, 15) is 14.0 Å². The molecule has 1 aliphatic heterocycles. The van der Waals surface area contributed by atoms with Gasteiger partial charge < -0.3 is 19.4 Å². The van der Waals surface area contributed by atoms with Crippen molar-refractivity contribution in [2.75, 3.05) is 20.0 Å². The number of para-hydroxylation sites is 1. The molecule has 2 amide bonds. The molecule has 1 aliphatic rings. The first-order valence-electron chi connectivity index (χ1n) is 15.2. The lowest BCUT2D eigenvalue weighted by Gasteiger charge is -2.24. The van der Waals surface area contributed by atoms with Crippen molar-refractivity contribution in [1.82, 2.24) is 25.1 Å². The number of hydrogen-bond donors (Lipinski definition) is 1. The Morgan fingerprint density at radius 3 is 2.54 bits per heavy atom. The van der Waals surface area contributed by atoms with Crippen LogP contribution in [0, 0.1) is 5.82 Å². The van der Waals surface area contributed by atoms with Gasteiger partial charge in [-0.05, 0) is 41.6 Å². The molecule has 2 aromatic heterocycles. The number of ether oxygens (including phenoxy) is 2. The molecule has 246 valence electrons. The largest absolute Gasteiger partial charge is 0.493 e. The monoisotopic (exact) mass is 684 g/mol. The molecule has 0 saturated carbocycles. The average molecular weight is 685 g/mol. The molecular formula is C35H33FN6O4S2. The summed E-state index contributed by atoms with van der Waals surface area (Å²) in [5.74, 6) is 0.282. The first-order valence-corrected chi connectivity index (χ1v) is 17.1. The highest BCUT2D eigenvalue weighted by Crippen LogP contribution is 2.42. The summed E-state index contributed by atoms with van der Waals surface area (Å²) in [5, 5.41) is 20.3. The summed E-state index contributed by atoms with van der Waals surface area (Å²) >= 11 is 2.82. The molecule has 0 saturated heterocycles. The van der Waals surface area contributed by atoms with Gasteiger partial charge in [-0.1, -0.05) is 72.4 Å². The Bertz CT molecular complexity index is 1920. The van der Waals surface area contributed by atoms with E-state index in [-0.39, 0.29) is 23.8 Å². The smallest absolute Gasteiger partial charge is 0.254 e. The highest BCUT2D eigenvalue weighted by atomic mass is 32.2. The number of halogens is 1. The quantitative estimate of drug-likeness (QED) is 0.148. The van der Waals surface area contributed by atoms with Crippen molar-refractivity contribution in [1.29, 1.82) is 0 Å². The van der Waals surface area contributed by atoms with Crippen molar-refractivity contribution in [2.45, 2.75) is 37.1 Å². The van der Waals surface area contributed by atoms with Crippen molar-refractivity contribution in [3.05, 3.63) is 124 Å². The number of carbonyl (C=O) groups is 2. The number of thiophene rings is 1. The molecule has 6 rings (SSSR count). The van der Waals surface area contributed by atoms with Crippen LogP contribution in [0.25, 0.3) is 0 Å². The summed E-state index contributed by atoms with van der Waals surface area (Å²) in [4.78, 5) is 27.7. The van der Waals surface area contributed by atoms with E-state index in [4.69, 9.17) is 14.6 Å². The highest BCUT2D eigenvalue weighted by molar-refractivity contribution is 7.99. The van der Waals surface area contributed by atoms with E-state index in [1.54, 1.807) is 31.6 Å². The van der Waals surface area contributed by atoms with Gasteiger partial charge in [0.15, 0.2) is 22.5 Å². The molecule has 0 bridgehead atoms. The van der Waals surface area contributed by atoms with Crippen molar-refractivity contribution in [2.24, 2.45) is 5.10 Å². The molecule has 3 heterocycles. The van der Waals surface area contributed by atoms with Crippen LogP contribution in [0.2, 0.25) is 0 Å². The lowest BCUT2D eigenvalue weighted by atomic mass is 9.99. The molecule has 5 aromatic rings. The zero-order valence-electron chi connectivity index (χ0n) is 26.3. The maximum Gasteiger partial charge on any atom is 0.254 e. The molecule has 0 aliphatic carbocycles. The fourth-order valence-corrected chi connectivity index (χ4v) is 7.06. The number of nitrogens with one attached hydrogen (secondary N) is 1. The van der Waals surface area contributed by atoms with Gasteiger partial charge in [0.2, 0.25) is 0 Å². The number of hydrazone groups is 1. The number of benzene rings is 3. The minimum absolute atomic E-state index is 0.0295. The molecule has 13 heteroatoms. The molecule has 0 fully saturated rings. The number of aryl methyl sites for hydroxylation is 1. The van der Waals surface area contributed by atoms with Crippen molar-refractivity contribution < 1.29 is 23.5 Å². The zero-order valence-corrected chi connectivity index (χ0v) is 28.0. The molecule has 10 nitrogen and oxygen atoms in total. The Hall–Kier alpha value is -5.01. The molecule has 0 spiro atoms. The summed E-state index contributed by atoms with van der Waals surface area (Å²) in [5.41, 5.74) is 2.67. The molecule has 48 heavy (non-hydrogen) atoms. The summed E-state index contributed by atoms with van der Waals surface area (Å²) in [6, 6.07) is 24.9. The van der Waals surface area contributed by atoms with Crippen LogP contribution < -0.4 is 14.8 Å². The van der Waals surface area contributed by atoms with E-state index in [1.807, 2.05) is 70.6 Å². The van der Waals surface area contributed by atoms with Gasteiger partial charge in [-0.3, -0.25) is 9.59 Å². The zero-order chi connectivity index (χ0) is 33.5. The Morgan fingerprint density at radius 2 is 1.79 bits per heavy atom. The number of thioether (sulfide) groups is 1. The van der Waals surface area contributed by atoms with E-state index < -0.39 is 17.8 Å². The number of carbonyl (C=O) groups excluding carboxylic acids is 2. The average Bonchev–Trinajstić information content (AvgIpc) is 3.89. The van der Waals surface area contributed by atoms with Gasteiger partial charge in [-0.15, -0.1) is 21.5 Å². The third kappa shape index (κ3) is 7.26. The van der Waals surface area contributed by atoms with E-state index in [2.05, 4.69) is 15.5 Å². The fraction of sp³-hybridized carbons (Fsp3) is 0.229. The maximum absolute atomic E-state index is 14.2. The van der Waals surface area contributed by atoms with Crippen LogP contribution in [0.3, 0.4) is 0 Å². The standard InChI is InChI=1S/C35H33FN6O4S2/c1-45-29-15-8-13-25(33(29)46-2)28-20-27(30-16-9-19-47-30)40-42(28)32(43)22-48-35-39-38-31(41(35)18-17-23-10-4-3-5-11-23)21-37-34(44)24-12-6-7-14-26(24)36/h3-16,19,28H,17-18,20-22H2,1-2H3,(H,37,44). The molecule has 3 aromatic carbocycles. The molecule has 1 atom stereocenters. The van der Waals surface area contributed by atoms with Gasteiger partial charge in [-0.25, -0.2) is 9.40 Å². The summed E-state index contributed by atoms with van der Waals surface area (Å²) in [6.45, 7) is 0.536. The Kier molecular flexibility index (Phi) is 10.5. The van der Waals surface area contributed by atoms with Crippen LogP contribution in [0.1, 0.15) is 44.6 Å². The number of hydrogen-bond acceptors (Lipinski definition) is 9. The fourth-order valence-electron chi connectivity index (χ4n) is 5.51. The van der Waals surface area contributed by atoms with Gasteiger partial charge in [0, 0.05) is 18.5 Å². The first-order chi connectivity index (χ1) is 23.5. The topological polar surface area (TPSA) is 111 Å². The maximum atomic E-state index is 14.2. The predicted molar refractivity (Wildman–Crippen MR) is 183 cm³/mol. The second-order valence-electron chi connectivity index (χ2n) is 10.8. The number of methoxy groups -OCH3 is 2. The number of nitrogens with zero attached hydrogens (tertiary/aromatic N) is 5. The van der Waals surface area contributed by atoms with Gasteiger partial charge in [0.1, 0.15) is 5.82 Å². The van der Waals surface area contributed by atoms with Crippen molar-refractivity contribution in [3.8, 4) is 11.5 Å². The summed E-state index contributed by atoms with van der Waals surface area (Å²) in [7, 11) is 3.16. The predicted octanol–water partition coefficient (Wildman–Crippen LogP) is 6.14. The second kappa shape index (κ2) is 15.3. The number of rotatable bonds is 13.